The lowest BCUT2D eigenvalue weighted by molar-refractivity contribution is -0.146. The fraction of sp³-hybridized carbons (Fsp3) is 0.500. The van der Waals surface area contributed by atoms with Crippen LogP contribution in [0.2, 0.25) is 10.0 Å². The molecule has 1 aliphatic carbocycles. The molecule has 1 aromatic rings. The Morgan fingerprint density at radius 3 is 2.43 bits per heavy atom. The van der Waals surface area contributed by atoms with Crippen molar-refractivity contribution in [2.75, 3.05) is 4.90 Å². The minimum absolute atomic E-state index is 0.127. The molecule has 1 aromatic carbocycles. The van der Waals surface area contributed by atoms with Crippen LogP contribution in [0.25, 0.3) is 0 Å². The molecule has 1 aliphatic heterocycles. The van der Waals surface area contributed by atoms with Crippen molar-refractivity contribution in [3.05, 3.63) is 28.2 Å². The topological polar surface area (TPSA) is 37.4 Å². The predicted octanol–water partition coefficient (Wildman–Crippen LogP) is 4.31. The number of rotatable bonds is 1. The average Bonchev–Trinajstić information content (AvgIpc) is 2.59. The van der Waals surface area contributed by atoms with Gasteiger partial charge < -0.3 is 0 Å². The predicted molar refractivity (Wildman–Crippen MR) is 83.6 cm³/mol. The number of hydrogen-bond donors (Lipinski definition) is 0. The van der Waals surface area contributed by atoms with Crippen molar-refractivity contribution in [2.24, 2.45) is 16.7 Å². The molecule has 0 aromatic heterocycles. The number of carbonyl (C=O) groups excluding carboxylic acids is 2. The van der Waals surface area contributed by atoms with Gasteiger partial charge in [0.2, 0.25) is 11.8 Å². The van der Waals surface area contributed by atoms with E-state index in [1.165, 1.54) is 4.90 Å². The Balaban J connectivity index is 2.11. The van der Waals surface area contributed by atoms with E-state index < -0.39 is 5.41 Å². The molecule has 2 atom stereocenters. The van der Waals surface area contributed by atoms with Crippen LogP contribution in [0.4, 0.5) is 5.69 Å². The number of imide groups is 1. The van der Waals surface area contributed by atoms with Gasteiger partial charge in [0.05, 0.1) is 21.1 Å². The zero-order valence-electron chi connectivity index (χ0n) is 12.2. The van der Waals surface area contributed by atoms with E-state index in [1.54, 1.807) is 18.2 Å². The van der Waals surface area contributed by atoms with Crippen LogP contribution in [-0.4, -0.2) is 11.8 Å². The molecule has 2 fully saturated rings. The highest BCUT2D eigenvalue weighted by atomic mass is 35.5. The largest absolute Gasteiger partial charge is 0.274 e. The monoisotopic (exact) mass is 325 g/mol. The van der Waals surface area contributed by atoms with E-state index in [0.29, 0.717) is 15.7 Å². The molecule has 3 rings (SSSR count). The first-order valence-corrected chi connectivity index (χ1v) is 7.79. The van der Waals surface area contributed by atoms with E-state index in [0.717, 1.165) is 12.8 Å². The summed E-state index contributed by atoms with van der Waals surface area (Å²) in [6.45, 7) is 6.01. The summed E-state index contributed by atoms with van der Waals surface area (Å²) in [6.07, 6.45) is 1.50. The fourth-order valence-electron chi connectivity index (χ4n) is 3.69. The Hall–Kier alpha value is -1.06. The SMILES string of the molecule is CC1(C)[C@@H]2CC[C@]1(C)C(=O)N(c1ccc(Cl)c(Cl)c1)C2=O. The molecule has 0 radical (unpaired) electrons. The van der Waals surface area contributed by atoms with Gasteiger partial charge in [-0.05, 0) is 36.5 Å². The van der Waals surface area contributed by atoms with Gasteiger partial charge in [-0.25, -0.2) is 4.90 Å². The number of carbonyl (C=O) groups is 2. The van der Waals surface area contributed by atoms with E-state index in [2.05, 4.69) is 0 Å². The summed E-state index contributed by atoms with van der Waals surface area (Å²) in [7, 11) is 0. The summed E-state index contributed by atoms with van der Waals surface area (Å²) in [5.74, 6) is -0.391. The maximum Gasteiger partial charge on any atom is 0.240 e. The molecule has 21 heavy (non-hydrogen) atoms. The molecule has 0 spiro atoms. The Morgan fingerprint density at radius 2 is 1.81 bits per heavy atom. The number of benzene rings is 1. The third-order valence-corrected chi connectivity index (χ3v) is 6.32. The van der Waals surface area contributed by atoms with Crippen LogP contribution in [0.5, 0.6) is 0 Å². The normalized spacial score (nSPS) is 30.9. The second kappa shape index (κ2) is 4.47. The molecule has 2 amide bonds. The first-order chi connectivity index (χ1) is 9.70. The summed E-state index contributed by atoms with van der Waals surface area (Å²) in [6, 6.07) is 4.87. The molecular weight excluding hydrogens is 309 g/mol. The van der Waals surface area contributed by atoms with Crippen LogP contribution in [0.1, 0.15) is 33.6 Å². The minimum atomic E-state index is -0.516. The third-order valence-electron chi connectivity index (χ3n) is 5.58. The standard InChI is InChI=1S/C16H17Cl2NO2/c1-15(2)10-6-7-16(15,3)14(21)19(13(10)20)9-4-5-11(17)12(18)8-9/h4-5,8,10H,6-7H2,1-3H3/t10-,16-/m1/s1. The quantitative estimate of drug-likeness (QED) is 0.721. The first kappa shape index (κ1) is 14.9. The van der Waals surface area contributed by atoms with E-state index in [4.69, 9.17) is 23.2 Å². The molecule has 2 bridgehead atoms. The Labute approximate surface area is 134 Å². The van der Waals surface area contributed by atoms with Gasteiger partial charge in [-0.2, -0.15) is 0 Å². The molecule has 5 heteroatoms. The fourth-order valence-corrected chi connectivity index (χ4v) is 3.98. The Bertz CT molecular complexity index is 656. The van der Waals surface area contributed by atoms with E-state index in [-0.39, 0.29) is 23.1 Å². The lowest BCUT2D eigenvalue weighted by Gasteiger charge is -2.47. The van der Waals surface area contributed by atoms with Gasteiger partial charge in [0, 0.05) is 5.92 Å². The zero-order chi connectivity index (χ0) is 15.6. The minimum Gasteiger partial charge on any atom is -0.274 e. The van der Waals surface area contributed by atoms with Crippen LogP contribution in [0.15, 0.2) is 18.2 Å². The van der Waals surface area contributed by atoms with Gasteiger partial charge in [0.15, 0.2) is 0 Å². The first-order valence-electron chi connectivity index (χ1n) is 7.03. The highest BCUT2D eigenvalue weighted by Crippen LogP contribution is 2.60. The lowest BCUT2D eigenvalue weighted by Crippen LogP contribution is -2.59. The van der Waals surface area contributed by atoms with Crippen LogP contribution in [0.3, 0.4) is 0 Å². The van der Waals surface area contributed by atoms with Crippen molar-refractivity contribution < 1.29 is 9.59 Å². The number of nitrogens with zero attached hydrogens (tertiary/aromatic N) is 1. The number of hydrogen-bond acceptors (Lipinski definition) is 2. The number of amides is 2. The van der Waals surface area contributed by atoms with E-state index in [9.17, 15) is 9.59 Å². The summed E-state index contributed by atoms with van der Waals surface area (Å²) < 4.78 is 0. The van der Waals surface area contributed by atoms with Crippen molar-refractivity contribution in [3.63, 3.8) is 0 Å². The highest BCUT2D eigenvalue weighted by molar-refractivity contribution is 6.42. The maximum atomic E-state index is 13.0. The van der Waals surface area contributed by atoms with E-state index >= 15 is 0 Å². The summed E-state index contributed by atoms with van der Waals surface area (Å²) >= 11 is 11.9. The smallest absolute Gasteiger partial charge is 0.240 e. The van der Waals surface area contributed by atoms with Gasteiger partial charge >= 0.3 is 0 Å². The maximum absolute atomic E-state index is 13.0. The van der Waals surface area contributed by atoms with Gasteiger partial charge in [0.25, 0.3) is 0 Å². The van der Waals surface area contributed by atoms with E-state index in [1.807, 2.05) is 20.8 Å². The van der Waals surface area contributed by atoms with Crippen molar-refractivity contribution >= 4 is 40.7 Å². The molecular formula is C16H17Cl2NO2. The number of anilines is 1. The molecule has 0 unspecified atom stereocenters. The number of halogens is 2. The van der Waals surface area contributed by atoms with Gasteiger partial charge in [-0.15, -0.1) is 0 Å². The molecule has 0 N–H and O–H groups in total. The Morgan fingerprint density at radius 1 is 1.14 bits per heavy atom. The number of fused-ring (bicyclic) bond motifs is 2. The van der Waals surface area contributed by atoms with Gasteiger partial charge in [-0.3, -0.25) is 9.59 Å². The zero-order valence-corrected chi connectivity index (χ0v) is 13.8. The third kappa shape index (κ3) is 1.80. The molecule has 112 valence electrons. The van der Waals surface area contributed by atoms with Crippen LogP contribution >= 0.6 is 23.2 Å². The van der Waals surface area contributed by atoms with Crippen LogP contribution < -0.4 is 4.90 Å². The molecule has 1 saturated carbocycles. The van der Waals surface area contributed by atoms with Crippen molar-refractivity contribution in [3.8, 4) is 0 Å². The van der Waals surface area contributed by atoms with Gasteiger partial charge in [-0.1, -0.05) is 44.0 Å². The molecule has 2 aliphatic rings. The Kier molecular flexibility index (Phi) is 3.16. The molecule has 1 heterocycles. The summed E-state index contributed by atoms with van der Waals surface area (Å²) in [5, 5.41) is 0.754. The van der Waals surface area contributed by atoms with Crippen molar-refractivity contribution in [1.82, 2.24) is 0 Å². The van der Waals surface area contributed by atoms with Crippen molar-refractivity contribution in [1.29, 1.82) is 0 Å². The summed E-state index contributed by atoms with van der Waals surface area (Å²) in [4.78, 5) is 27.0. The van der Waals surface area contributed by atoms with Gasteiger partial charge in [0.1, 0.15) is 0 Å². The molecule has 3 nitrogen and oxygen atoms in total. The second-order valence-electron chi connectivity index (χ2n) is 6.72. The molecule has 1 saturated heterocycles. The van der Waals surface area contributed by atoms with Crippen LogP contribution in [0, 0.1) is 16.7 Å². The lowest BCUT2D eigenvalue weighted by atomic mass is 9.62. The average molecular weight is 326 g/mol. The number of piperidine rings is 1. The van der Waals surface area contributed by atoms with Crippen molar-refractivity contribution in [2.45, 2.75) is 33.6 Å². The second-order valence-corrected chi connectivity index (χ2v) is 7.54. The highest BCUT2D eigenvalue weighted by Gasteiger charge is 2.64. The summed E-state index contributed by atoms with van der Waals surface area (Å²) in [5.41, 5.74) is -0.320. The van der Waals surface area contributed by atoms with Crippen LogP contribution in [-0.2, 0) is 9.59 Å².